The summed E-state index contributed by atoms with van der Waals surface area (Å²) in [6, 6.07) is 17.1. The number of nitrogens with zero attached hydrogens (tertiary/aromatic N) is 3. The number of carbonyl (C=O) groups is 2. The van der Waals surface area contributed by atoms with Crippen molar-refractivity contribution in [2.45, 2.75) is 39.9 Å². The molecule has 4 rings (SSSR count). The summed E-state index contributed by atoms with van der Waals surface area (Å²) in [5, 5.41) is 10.8. The van der Waals surface area contributed by atoms with Crippen LogP contribution in [0.4, 0.5) is 11.4 Å². The molecule has 0 radical (unpaired) electrons. The predicted molar refractivity (Wildman–Crippen MR) is 121 cm³/mol. The zero-order chi connectivity index (χ0) is 22.0. The monoisotopic (exact) mass is 417 g/mol. The number of benzene rings is 2. The van der Waals surface area contributed by atoms with Gasteiger partial charge < -0.3 is 10.6 Å². The highest BCUT2D eigenvalue weighted by molar-refractivity contribution is 6.11. The van der Waals surface area contributed by atoms with Gasteiger partial charge in [-0.15, -0.1) is 0 Å². The molecule has 2 amide bonds. The van der Waals surface area contributed by atoms with Crippen LogP contribution in [0.3, 0.4) is 0 Å². The van der Waals surface area contributed by atoms with Crippen molar-refractivity contribution < 1.29 is 9.59 Å². The molecule has 31 heavy (non-hydrogen) atoms. The minimum atomic E-state index is -0.449. The van der Waals surface area contributed by atoms with E-state index in [1.807, 2.05) is 54.9 Å². The number of carbonyl (C=O) groups excluding carboxylic acids is 2. The number of nitrogens with one attached hydrogen (secondary N) is 2. The zero-order valence-electron chi connectivity index (χ0n) is 18.1. The molecular formula is C24H27N5O2. The quantitative estimate of drug-likeness (QED) is 0.646. The van der Waals surface area contributed by atoms with Gasteiger partial charge in [-0.2, -0.15) is 5.10 Å². The smallest absolute Gasteiger partial charge is 0.244 e. The highest BCUT2D eigenvalue weighted by Gasteiger charge is 2.29. The average molecular weight is 418 g/mol. The predicted octanol–water partition coefficient (Wildman–Crippen LogP) is 3.01. The van der Waals surface area contributed by atoms with Crippen molar-refractivity contribution in [3.8, 4) is 0 Å². The van der Waals surface area contributed by atoms with Crippen LogP contribution in [0.2, 0.25) is 0 Å². The lowest BCUT2D eigenvalue weighted by Gasteiger charge is -2.31. The Kier molecular flexibility index (Phi) is 5.86. The molecule has 3 aromatic rings. The standard InChI is InChI=1S/C24H27N5O2/c1-16-20(18(3)29(27-16)14-19-9-5-4-6-10-19)13-25-17(2)24(31)28-15-23(30)26-21-11-7-8-12-22(21)28/h4-12,17,25H,13-15H2,1-3H3,(H,26,30). The maximum Gasteiger partial charge on any atom is 0.244 e. The lowest BCUT2D eigenvalue weighted by atomic mass is 10.1. The summed E-state index contributed by atoms with van der Waals surface area (Å²) >= 11 is 0. The van der Waals surface area contributed by atoms with E-state index < -0.39 is 6.04 Å². The van der Waals surface area contributed by atoms with Gasteiger partial charge in [0, 0.05) is 17.8 Å². The lowest BCUT2D eigenvalue weighted by Crippen LogP contribution is -2.49. The number of fused-ring (bicyclic) bond motifs is 1. The molecule has 2 aromatic carbocycles. The molecule has 1 atom stereocenters. The molecule has 0 saturated carbocycles. The summed E-state index contributed by atoms with van der Waals surface area (Å²) in [6.07, 6.45) is 0. The van der Waals surface area contributed by atoms with Crippen molar-refractivity contribution in [2.24, 2.45) is 0 Å². The van der Waals surface area contributed by atoms with Gasteiger partial charge in [-0.25, -0.2) is 0 Å². The first kappa shape index (κ1) is 20.8. The Balaban J connectivity index is 1.45. The van der Waals surface area contributed by atoms with Crippen molar-refractivity contribution in [1.82, 2.24) is 15.1 Å². The van der Waals surface area contributed by atoms with Crippen LogP contribution in [0, 0.1) is 13.8 Å². The third kappa shape index (κ3) is 4.36. The molecule has 1 aliphatic rings. The average Bonchev–Trinajstić information content (AvgIpc) is 3.03. The number of hydrogen-bond acceptors (Lipinski definition) is 4. The molecule has 7 nitrogen and oxygen atoms in total. The fourth-order valence-electron chi connectivity index (χ4n) is 3.91. The van der Waals surface area contributed by atoms with Crippen molar-refractivity contribution in [2.75, 3.05) is 16.8 Å². The summed E-state index contributed by atoms with van der Waals surface area (Å²) in [6.45, 7) is 7.13. The normalized spacial score (nSPS) is 14.2. The van der Waals surface area contributed by atoms with Gasteiger partial charge in [-0.1, -0.05) is 42.5 Å². The molecule has 1 aliphatic heterocycles. The Bertz CT molecular complexity index is 1110. The zero-order valence-corrected chi connectivity index (χ0v) is 18.1. The van der Waals surface area contributed by atoms with Gasteiger partial charge in [0.1, 0.15) is 6.54 Å². The molecule has 1 unspecified atom stereocenters. The van der Waals surface area contributed by atoms with E-state index in [1.54, 1.807) is 11.0 Å². The van der Waals surface area contributed by atoms with Crippen molar-refractivity contribution in [1.29, 1.82) is 0 Å². The second-order valence-electron chi connectivity index (χ2n) is 7.88. The molecule has 2 heterocycles. The van der Waals surface area contributed by atoms with Gasteiger partial charge in [-0.05, 0) is 38.5 Å². The molecule has 0 fully saturated rings. The van der Waals surface area contributed by atoms with Gasteiger partial charge in [0.05, 0.1) is 29.7 Å². The molecule has 0 saturated heterocycles. The van der Waals surface area contributed by atoms with Gasteiger partial charge >= 0.3 is 0 Å². The number of rotatable bonds is 6. The van der Waals surface area contributed by atoms with E-state index in [0.29, 0.717) is 18.8 Å². The van der Waals surface area contributed by atoms with Crippen LogP contribution in [-0.4, -0.2) is 34.2 Å². The molecular weight excluding hydrogens is 390 g/mol. The molecule has 2 N–H and O–H groups in total. The van der Waals surface area contributed by atoms with Crippen LogP contribution in [0.15, 0.2) is 54.6 Å². The van der Waals surface area contributed by atoms with Gasteiger partial charge in [0.2, 0.25) is 11.8 Å². The highest BCUT2D eigenvalue weighted by atomic mass is 16.2. The van der Waals surface area contributed by atoms with Gasteiger partial charge in [0.25, 0.3) is 0 Å². The fraction of sp³-hybridized carbons (Fsp3) is 0.292. The van der Waals surface area contributed by atoms with E-state index in [-0.39, 0.29) is 18.4 Å². The molecule has 160 valence electrons. The summed E-state index contributed by atoms with van der Waals surface area (Å²) in [4.78, 5) is 26.7. The Morgan fingerprint density at radius 1 is 1.13 bits per heavy atom. The number of hydrogen-bond donors (Lipinski definition) is 2. The lowest BCUT2D eigenvalue weighted by molar-refractivity contribution is -0.123. The van der Waals surface area contributed by atoms with E-state index in [9.17, 15) is 9.59 Å². The third-order valence-corrected chi connectivity index (χ3v) is 5.70. The van der Waals surface area contributed by atoms with Gasteiger partial charge in [0.15, 0.2) is 0 Å². The van der Waals surface area contributed by atoms with E-state index in [4.69, 9.17) is 0 Å². The van der Waals surface area contributed by atoms with Crippen molar-refractivity contribution >= 4 is 23.2 Å². The molecule has 0 bridgehead atoms. The summed E-state index contributed by atoms with van der Waals surface area (Å²) in [5.41, 5.74) is 5.70. The second-order valence-corrected chi connectivity index (χ2v) is 7.88. The first-order valence-electron chi connectivity index (χ1n) is 10.4. The Morgan fingerprint density at radius 3 is 2.61 bits per heavy atom. The largest absolute Gasteiger partial charge is 0.323 e. The van der Waals surface area contributed by atoms with Crippen molar-refractivity contribution in [3.63, 3.8) is 0 Å². The van der Waals surface area contributed by atoms with E-state index in [2.05, 4.69) is 34.8 Å². The second kappa shape index (κ2) is 8.73. The topological polar surface area (TPSA) is 79.3 Å². The van der Waals surface area contributed by atoms with Crippen LogP contribution in [0.25, 0.3) is 0 Å². The first-order valence-corrected chi connectivity index (χ1v) is 10.4. The fourth-order valence-corrected chi connectivity index (χ4v) is 3.91. The molecule has 1 aromatic heterocycles. The number of para-hydroxylation sites is 2. The Morgan fingerprint density at radius 2 is 1.84 bits per heavy atom. The molecule has 0 spiro atoms. The SMILES string of the molecule is Cc1nn(Cc2ccccc2)c(C)c1CNC(C)C(=O)N1CC(=O)Nc2ccccc21. The third-order valence-electron chi connectivity index (χ3n) is 5.70. The molecule has 7 heteroatoms. The number of aryl methyl sites for hydroxylation is 1. The van der Waals surface area contributed by atoms with E-state index in [1.165, 1.54) is 5.56 Å². The summed E-state index contributed by atoms with van der Waals surface area (Å²) in [5.74, 6) is -0.317. The van der Waals surface area contributed by atoms with E-state index >= 15 is 0 Å². The van der Waals surface area contributed by atoms with Crippen molar-refractivity contribution in [3.05, 3.63) is 77.1 Å². The molecule has 0 aliphatic carbocycles. The number of amides is 2. The number of anilines is 2. The minimum absolute atomic E-state index is 0.0227. The summed E-state index contributed by atoms with van der Waals surface area (Å²) < 4.78 is 2.00. The maximum absolute atomic E-state index is 13.1. The van der Waals surface area contributed by atoms with Crippen LogP contribution in [-0.2, 0) is 22.7 Å². The van der Waals surface area contributed by atoms with Crippen LogP contribution in [0.1, 0.15) is 29.4 Å². The number of aromatic nitrogens is 2. The summed E-state index contributed by atoms with van der Waals surface area (Å²) in [7, 11) is 0. The Labute approximate surface area is 182 Å². The minimum Gasteiger partial charge on any atom is -0.323 e. The highest BCUT2D eigenvalue weighted by Crippen LogP contribution is 2.29. The van der Waals surface area contributed by atoms with Crippen LogP contribution >= 0.6 is 0 Å². The van der Waals surface area contributed by atoms with E-state index in [0.717, 1.165) is 22.6 Å². The van der Waals surface area contributed by atoms with Crippen LogP contribution in [0.5, 0.6) is 0 Å². The first-order chi connectivity index (χ1) is 14.9. The Hall–Kier alpha value is -3.45. The van der Waals surface area contributed by atoms with Crippen LogP contribution < -0.4 is 15.5 Å². The van der Waals surface area contributed by atoms with Gasteiger partial charge in [-0.3, -0.25) is 19.2 Å². The maximum atomic E-state index is 13.1.